The Balaban J connectivity index is 2.10. The number of methoxy groups -OCH3 is 3. The van der Waals surface area contributed by atoms with E-state index < -0.39 is 0 Å². The van der Waals surface area contributed by atoms with Gasteiger partial charge in [0.05, 0.1) is 110 Å². The predicted octanol–water partition coefficient (Wildman–Crippen LogP) is 8.38. The third-order valence-electron chi connectivity index (χ3n) is 15.3. The smallest absolute Gasteiger partial charge is 0.130 e. The largest absolute Gasteiger partial charge is 0.496 e. The fourth-order valence-electron chi connectivity index (χ4n) is 10.4. The van der Waals surface area contributed by atoms with Crippen molar-refractivity contribution < 1.29 is 33.2 Å². The quantitative estimate of drug-likeness (QED) is 0.0562. The van der Waals surface area contributed by atoms with E-state index in [4.69, 9.17) is 33.2 Å². The lowest BCUT2D eigenvalue weighted by Gasteiger charge is -2.29. The van der Waals surface area contributed by atoms with Crippen molar-refractivity contribution in [3.05, 3.63) is 47.5 Å². The Bertz CT molecular complexity index is 2230. The highest BCUT2D eigenvalue weighted by atomic mass is 32.2. The Morgan fingerprint density at radius 3 is 0.912 bits per heavy atom. The van der Waals surface area contributed by atoms with Crippen LogP contribution >= 0.6 is 11.8 Å². The molecule has 2 aromatic rings. The van der Waals surface area contributed by atoms with Gasteiger partial charge in [-0.3, -0.25) is 0 Å². The van der Waals surface area contributed by atoms with Crippen molar-refractivity contribution in [1.82, 2.24) is 34.3 Å². The topological polar surface area (TPSA) is 278 Å². The molecule has 0 saturated heterocycles. The van der Waals surface area contributed by atoms with Gasteiger partial charge in [0.1, 0.15) is 29.6 Å². The molecular formula is C68H105N15O7S. The fourth-order valence-corrected chi connectivity index (χ4v) is 11.3. The third kappa shape index (κ3) is 41.6. The van der Waals surface area contributed by atoms with Gasteiger partial charge in [0.25, 0.3) is 0 Å². The van der Waals surface area contributed by atoms with Crippen molar-refractivity contribution in [1.29, 1.82) is 42.1 Å². The summed E-state index contributed by atoms with van der Waals surface area (Å²) in [5.74, 6) is 4.46. The van der Waals surface area contributed by atoms with Crippen LogP contribution in [0.1, 0.15) is 101 Å². The first-order valence-corrected chi connectivity index (χ1v) is 33.7. The van der Waals surface area contributed by atoms with Gasteiger partial charge in [-0.25, -0.2) is 0 Å². The summed E-state index contributed by atoms with van der Waals surface area (Å²) in [4.78, 5) is 16.5. The first kappa shape index (κ1) is 80.6. The second-order valence-electron chi connectivity index (χ2n) is 21.9. The molecule has 0 spiro atoms. The van der Waals surface area contributed by atoms with Crippen LogP contribution < -0.4 is 18.9 Å². The molecule has 0 fully saturated rings. The standard InChI is InChI=1S/C68H105N15O7S/c1-84-65-60-67(85-2)66(68(61-65)86-3)62-91-59-58-89-55-54-87-52-53-88-56-57-90-64-20-18-63(19-21-64)22-51-83(49-16-47-81(43-12-39-77(31-4-23-69)32-5-24-70)44-13-40-78(33-6-25-71)34-7-26-72)50-17-48-82(45-14-41-79(35-8-27-73)36-9-28-74)46-15-42-80(37-10-29-75)38-11-30-76/h18-21,60-61H,4-17,22,31-59,62H2,1-3H3. The van der Waals surface area contributed by atoms with E-state index in [0.717, 1.165) is 164 Å². The average Bonchev–Trinajstić information content (AvgIpc) is 3.75. The van der Waals surface area contributed by atoms with E-state index in [1.54, 1.807) is 33.1 Å². The molecule has 0 radical (unpaired) electrons. The van der Waals surface area contributed by atoms with Gasteiger partial charge in [0.2, 0.25) is 0 Å². The Morgan fingerprint density at radius 2 is 0.615 bits per heavy atom. The van der Waals surface area contributed by atoms with E-state index in [0.29, 0.717) is 156 Å². The molecule has 0 heterocycles. The number of thioether (sulfide) groups is 1. The molecule has 0 saturated carbocycles. The van der Waals surface area contributed by atoms with Crippen LogP contribution in [-0.4, -0.2) is 245 Å². The Labute approximate surface area is 550 Å². The number of nitriles is 8. The van der Waals surface area contributed by atoms with Gasteiger partial charge in [-0.05, 0) is 141 Å². The van der Waals surface area contributed by atoms with Crippen molar-refractivity contribution >= 4 is 11.8 Å². The Hall–Kier alpha value is -6.49. The maximum absolute atomic E-state index is 9.32. The van der Waals surface area contributed by atoms with Crippen LogP contribution in [0.15, 0.2) is 36.4 Å². The second kappa shape index (κ2) is 57.4. The summed E-state index contributed by atoms with van der Waals surface area (Å²) in [5, 5.41) is 74.5. The fraction of sp³-hybridized carbons (Fsp3) is 0.706. The monoisotopic (exact) mass is 1280 g/mol. The summed E-state index contributed by atoms with van der Waals surface area (Å²) in [6, 6.07) is 30.1. The molecule has 0 bridgehead atoms. The van der Waals surface area contributed by atoms with Gasteiger partial charge in [-0.2, -0.15) is 53.9 Å². The Kier molecular flexibility index (Phi) is 50.9. The van der Waals surface area contributed by atoms with Crippen molar-refractivity contribution in [2.45, 2.75) is 102 Å². The summed E-state index contributed by atoms with van der Waals surface area (Å²) in [7, 11) is 4.90. The van der Waals surface area contributed by atoms with Crippen molar-refractivity contribution in [2.24, 2.45) is 0 Å². The van der Waals surface area contributed by atoms with Gasteiger partial charge in [-0.15, -0.1) is 0 Å². The second-order valence-corrected chi connectivity index (χ2v) is 23.0. The highest BCUT2D eigenvalue weighted by molar-refractivity contribution is 7.98. The van der Waals surface area contributed by atoms with Crippen LogP contribution in [0.5, 0.6) is 23.0 Å². The minimum atomic E-state index is 0.415. The van der Waals surface area contributed by atoms with E-state index in [1.807, 2.05) is 24.3 Å². The molecule has 22 nitrogen and oxygen atoms in total. The highest BCUT2D eigenvalue weighted by Gasteiger charge is 2.17. The SMILES string of the molecule is COc1cc(OC)c(CSCCOCCOCCOCCOc2ccc(CCN(CCCN(CCCN(CCC#N)CCC#N)CCCN(CCC#N)CCC#N)CCCN(CCCN(CCC#N)CCC#N)CCCN(CCC#N)CCC#N)cc2)c(OC)c1. The van der Waals surface area contributed by atoms with Crippen molar-refractivity contribution in [3.8, 4) is 71.6 Å². The van der Waals surface area contributed by atoms with Crippen LogP contribution in [0, 0.1) is 90.6 Å². The van der Waals surface area contributed by atoms with E-state index in [1.165, 1.54) is 5.56 Å². The average molecular weight is 1280 g/mol. The summed E-state index contributed by atoms with van der Waals surface area (Å²) < 4.78 is 39.8. The lowest BCUT2D eigenvalue weighted by molar-refractivity contribution is 0.0118. The van der Waals surface area contributed by atoms with E-state index in [9.17, 15) is 42.1 Å². The minimum Gasteiger partial charge on any atom is -0.496 e. The van der Waals surface area contributed by atoms with E-state index >= 15 is 0 Å². The minimum absolute atomic E-state index is 0.415. The van der Waals surface area contributed by atoms with Gasteiger partial charge in [-0.1, -0.05) is 12.1 Å². The molecule has 2 aromatic carbocycles. The number of hydrogen-bond donors (Lipinski definition) is 0. The lowest BCUT2D eigenvalue weighted by atomic mass is 10.1. The zero-order valence-corrected chi connectivity index (χ0v) is 56.1. The first-order chi connectivity index (χ1) is 44.7. The molecule has 0 aliphatic carbocycles. The molecule has 2 rings (SSSR count). The van der Waals surface area contributed by atoms with Crippen LogP contribution in [0.2, 0.25) is 0 Å². The first-order valence-electron chi connectivity index (χ1n) is 32.6. The number of rotatable bonds is 61. The van der Waals surface area contributed by atoms with Crippen LogP contribution in [0.3, 0.4) is 0 Å². The number of ether oxygens (including phenoxy) is 7. The molecule has 91 heavy (non-hydrogen) atoms. The predicted molar refractivity (Wildman–Crippen MR) is 355 cm³/mol. The molecule has 0 aliphatic rings. The van der Waals surface area contributed by atoms with Gasteiger partial charge in [0.15, 0.2) is 0 Å². The highest BCUT2D eigenvalue weighted by Crippen LogP contribution is 2.36. The van der Waals surface area contributed by atoms with Crippen molar-refractivity contribution in [2.75, 3.05) is 211 Å². The van der Waals surface area contributed by atoms with Gasteiger partial charge < -0.3 is 67.5 Å². The van der Waals surface area contributed by atoms with Crippen LogP contribution in [-0.2, 0) is 26.4 Å². The molecule has 0 N–H and O–H groups in total. The maximum Gasteiger partial charge on any atom is 0.130 e. The number of hydrogen-bond acceptors (Lipinski definition) is 23. The lowest BCUT2D eigenvalue weighted by Crippen LogP contribution is -2.37. The zero-order valence-electron chi connectivity index (χ0n) is 55.3. The normalized spacial score (nSPS) is 11.1. The molecule has 0 unspecified atom stereocenters. The molecule has 23 heteroatoms. The summed E-state index contributed by atoms with van der Waals surface area (Å²) in [5.41, 5.74) is 2.20. The third-order valence-corrected chi connectivity index (χ3v) is 16.3. The van der Waals surface area contributed by atoms with Gasteiger partial charge in [0, 0.05) is 139 Å². The summed E-state index contributed by atoms with van der Waals surface area (Å²) in [6.45, 7) is 19.7. The zero-order chi connectivity index (χ0) is 65.9. The Morgan fingerprint density at radius 1 is 0.330 bits per heavy atom. The molecule has 0 aromatic heterocycles. The summed E-state index contributed by atoms with van der Waals surface area (Å²) >= 11 is 1.74. The molecule has 500 valence electrons. The summed E-state index contributed by atoms with van der Waals surface area (Å²) in [6.07, 6.45) is 9.81. The van der Waals surface area contributed by atoms with Crippen LogP contribution in [0.4, 0.5) is 0 Å². The molecular weight excluding hydrogens is 1170 g/mol. The number of nitrogens with zero attached hydrogens (tertiary/aromatic N) is 15. The molecule has 0 atom stereocenters. The van der Waals surface area contributed by atoms with E-state index in [-0.39, 0.29) is 0 Å². The van der Waals surface area contributed by atoms with Crippen molar-refractivity contribution in [3.63, 3.8) is 0 Å². The molecule has 0 aliphatic heterocycles. The molecule has 0 amide bonds. The van der Waals surface area contributed by atoms with Gasteiger partial charge >= 0.3 is 0 Å². The number of benzene rings is 2. The maximum atomic E-state index is 9.32. The van der Waals surface area contributed by atoms with Crippen LogP contribution in [0.25, 0.3) is 0 Å². The van der Waals surface area contributed by atoms with E-state index in [2.05, 4.69) is 95.0 Å².